The van der Waals surface area contributed by atoms with E-state index in [9.17, 15) is 13.2 Å². The molecule has 5 nitrogen and oxygen atoms in total. The number of nitrogens with one attached hydrogen (secondary N) is 1. The summed E-state index contributed by atoms with van der Waals surface area (Å²) in [6, 6.07) is 7.12. The van der Waals surface area contributed by atoms with Crippen LogP contribution in [0.4, 0.5) is 0 Å². The van der Waals surface area contributed by atoms with Crippen LogP contribution in [0.3, 0.4) is 0 Å². The van der Waals surface area contributed by atoms with Gasteiger partial charge in [-0.2, -0.15) is 0 Å². The number of methoxy groups -OCH3 is 1. The zero-order valence-corrected chi connectivity index (χ0v) is 13.8. The number of benzene rings is 1. The van der Waals surface area contributed by atoms with Crippen molar-refractivity contribution >= 4 is 31.9 Å². The Morgan fingerprint density at radius 2 is 2.15 bits per heavy atom. The molecule has 0 aliphatic carbocycles. The van der Waals surface area contributed by atoms with E-state index in [2.05, 4.69) is 25.4 Å². The minimum Gasteiger partial charge on any atom is -0.469 e. The fraction of sp³-hybridized carbons (Fsp3) is 0.462. The number of hydrogen-bond acceptors (Lipinski definition) is 4. The van der Waals surface area contributed by atoms with E-state index in [1.807, 2.05) is 24.3 Å². The summed E-state index contributed by atoms with van der Waals surface area (Å²) in [7, 11) is -2.14. The zero-order valence-electron chi connectivity index (χ0n) is 11.4. The van der Waals surface area contributed by atoms with Crippen LogP contribution in [0, 0.1) is 0 Å². The topological polar surface area (TPSA) is 72.5 Å². The maximum atomic E-state index is 11.9. The number of rotatable bonds is 7. The molecular weight excluding hydrogens is 346 g/mol. The predicted molar refractivity (Wildman–Crippen MR) is 80.7 cm³/mol. The van der Waals surface area contributed by atoms with Crippen LogP contribution in [-0.2, 0) is 19.6 Å². The first kappa shape index (κ1) is 17.1. The van der Waals surface area contributed by atoms with Crippen LogP contribution in [0.15, 0.2) is 28.7 Å². The summed E-state index contributed by atoms with van der Waals surface area (Å²) in [5.41, 5.74) is 0.871. The fourth-order valence-electron chi connectivity index (χ4n) is 1.68. The lowest BCUT2D eigenvalue weighted by Gasteiger charge is -2.14. The van der Waals surface area contributed by atoms with Crippen molar-refractivity contribution in [1.82, 2.24) is 4.72 Å². The second kappa shape index (κ2) is 7.75. The molecule has 1 aromatic rings. The van der Waals surface area contributed by atoms with Crippen LogP contribution in [0.25, 0.3) is 0 Å². The number of carbonyl (C=O) groups excluding carboxylic acids is 1. The molecule has 0 amide bonds. The van der Waals surface area contributed by atoms with E-state index in [0.717, 1.165) is 10.0 Å². The Kier molecular flexibility index (Phi) is 6.64. The van der Waals surface area contributed by atoms with E-state index in [0.29, 0.717) is 0 Å². The van der Waals surface area contributed by atoms with Crippen molar-refractivity contribution in [2.45, 2.75) is 25.8 Å². The van der Waals surface area contributed by atoms with Crippen molar-refractivity contribution in [3.05, 3.63) is 34.3 Å². The molecule has 0 bridgehead atoms. The Morgan fingerprint density at radius 3 is 2.75 bits per heavy atom. The van der Waals surface area contributed by atoms with Gasteiger partial charge in [-0.25, -0.2) is 13.1 Å². The molecular formula is C13H18BrNO4S. The van der Waals surface area contributed by atoms with E-state index in [1.165, 1.54) is 7.11 Å². The van der Waals surface area contributed by atoms with E-state index in [4.69, 9.17) is 0 Å². The van der Waals surface area contributed by atoms with Gasteiger partial charge in [0.15, 0.2) is 0 Å². The van der Waals surface area contributed by atoms with Crippen molar-refractivity contribution in [3.8, 4) is 0 Å². The fourth-order valence-corrected chi connectivity index (χ4v) is 3.41. The van der Waals surface area contributed by atoms with Gasteiger partial charge in [-0.05, 0) is 31.0 Å². The van der Waals surface area contributed by atoms with E-state index >= 15 is 0 Å². The third-order valence-electron chi connectivity index (χ3n) is 2.73. The van der Waals surface area contributed by atoms with Gasteiger partial charge in [0.2, 0.25) is 10.0 Å². The van der Waals surface area contributed by atoms with Crippen molar-refractivity contribution < 1.29 is 17.9 Å². The second-order valence-corrected chi connectivity index (χ2v) is 7.18. The molecule has 112 valence electrons. The summed E-state index contributed by atoms with van der Waals surface area (Å²) < 4.78 is 31.7. The molecule has 20 heavy (non-hydrogen) atoms. The van der Waals surface area contributed by atoms with Crippen LogP contribution in [-0.4, -0.2) is 27.2 Å². The van der Waals surface area contributed by atoms with Gasteiger partial charge in [0.1, 0.15) is 0 Å². The first-order valence-corrected chi connectivity index (χ1v) is 8.61. The van der Waals surface area contributed by atoms with Crippen molar-refractivity contribution in [3.63, 3.8) is 0 Å². The molecule has 1 aromatic carbocycles. The second-order valence-electron chi connectivity index (χ2n) is 4.39. The largest absolute Gasteiger partial charge is 0.469 e. The number of esters is 1. The molecule has 7 heteroatoms. The Labute approximate surface area is 127 Å². The molecule has 1 rings (SSSR count). The molecule has 0 aliphatic heterocycles. The molecule has 0 saturated carbocycles. The van der Waals surface area contributed by atoms with Crippen LogP contribution < -0.4 is 4.72 Å². The normalized spacial score (nSPS) is 12.9. The number of ether oxygens (including phenoxy) is 1. The lowest BCUT2D eigenvalue weighted by Crippen LogP contribution is -2.29. The van der Waals surface area contributed by atoms with Crippen molar-refractivity contribution in [2.24, 2.45) is 0 Å². The van der Waals surface area contributed by atoms with Crippen LogP contribution in [0.1, 0.15) is 31.4 Å². The maximum absolute atomic E-state index is 11.9. The highest BCUT2D eigenvalue weighted by molar-refractivity contribution is 9.10. The zero-order chi connectivity index (χ0) is 15.2. The van der Waals surface area contributed by atoms with E-state index in [-0.39, 0.29) is 24.6 Å². The van der Waals surface area contributed by atoms with Gasteiger partial charge in [-0.3, -0.25) is 4.79 Å². The molecule has 1 N–H and O–H groups in total. The number of halogens is 1. The van der Waals surface area contributed by atoms with Crippen LogP contribution in [0.2, 0.25) is 0 Å². The molecule has 0 saturated heterocycles. The average Bonchev–Trinajstić information content (AvgIpc) is 2.37. The number of hydrogen-bond donors (Lipinski definition) is 1. The van der Waals surface area contributed by atoms with Crippen LogP contribution >= 0.6 is 15.9 Å². The van der Waals surface area contributed by atoms with E-state index in [1.54, 1.807) is 6.92 Å². The third kappa shape index (κ3) is 6.02. The van der Waals surface area contributed by atoms with Gasteiger partial charge in [-0.1, -0.05) is 28.1 Å². The summed E-state index contributed by atoms with van der Waals surface area (Å²) in [5, 5.41) is 0. The predicted octanol–water partition coefficient (Wildman–Crippen LogP) is 2.38. The number of sulfonamides is 1. The lowest BCUT2D eigenvalue weighted by atomic mass is 10.1. The third-order valence-corrected chi connectivity index (χ3v) is 4.76. The monoisotopic (exact) mass is 363 g/mol. The quantitative estimate of drug-likeness (QED) is 0.754. The molecule has 0 aliphatic rings. The molecule has 1 atom stereocenters. The van der Waals surface area contributed by atoms with E-state index < -0.39 is 16.0 Å². The molecule has 0 radical (unpaired) electrons. The molecule has 0 heterocycles. The van der Waals surface area contributed by atoms with Gasteiger partial charge >= 0.3 is 5.97 Å². The van der Waals surface area contributed by atoms with Gasteiger partial charge in [0.25, 0.3) is 0 Å². The Morgan fingerprint density at radius 1 is 1.45 bits per heavy atom. The molecule has 0 fully saturated rings. The van der Waals surface area contributed by atoms with Gasteiger partial charge in [-0.15, -0.1) is 0 Å². The first-order chi connectivity index (χ1) is 9.34. The van der Waals surface area contributed by atoms with Gasteiger partial charge in [0.05, 0.1) is 12.9 Å². The SMILES string of the molecule is COC(=O)CCCS(=O)(=O)NC(C)c1cccc(Br)c1. The summed E-state index contributed by atoms with van der Waals surface area (Å²) in [6.07, 6.45) is 0.343. The van der Waals surface area contributed by atoms with Gasteiger partial charge in [0, 0.05) is 16.9 Å². The van der Waals surface area contributed by atoms with Gasteiger partial charge < -0.3 is 4.74 Å². The minimum atomic E-state index is -3.42. The highest BCUT2D eigenvalue weighted by atomic mass is 79.9. The highest BCUT2D eigenvalue weighted by Crippen LogP contribution is 2.18. The molecule has 1 unspecified atom stereocenters. The average molecular weight is 364 g/mol. The smallest absolute Gasteiger partial charge is 0.305 e. The van der Waals surface area contributed by atoms with Crippen molar-refractivity contribution in [1.29, 1.82) is 0 Å². The minimum absolute atomic E-state index is 0.0968. The number of carbonyl (C=O) groups is 1. The highest BCUT2D eigenvalue weighted by Gasteiger charge is 2.16. The van der Waals surface area contributed by atoms with Crippen molar-refractivity contribution in [2.75, 3.05) is 12.9 Å². The molecule has 0 spiro atoms. The molecule has 0 aromatic heterocycles. The Hall–Kier alpha value is -0.920. The maximum Gasteiger partial charge on any atom is 0.305 e. The standard InChI is InChI=1S/C13H18BrNO4S/c1-10(11-5-3-6-12(14)9-11)15-20(17,18)8-4-7-13(16)19-2/h3,5-6,9-10,15H,4,7-8H2,1-2H3. The summed E-state index contributed by atoms with van der Waals surface area (Å²) in [4.78, 5) is 10.9. The summed E-state index contributed by atoms with van der Waals surface area (Å²) in [5.74, 6) is -0.499. The summed E-state index contributed by atoms with van der Waals surface area (Å²) in [6.45, 7) is 1.78. The summed E-state index contributed by atoms with van der Waals surface area (Å²) >= 11 is 3.35. The first-order valence-electron chi connectivity index (χ1n) is 6.16. The van der Waals surface area contributed by atoms with Crippen LogP contribution in [0.5, 0.6) is 0 Å². The Bertz CT molecular complexity index is 559. The Balaban J connectivity index is 2.55. The lowest BCUT2D eigenvalue weighted by molar-refractivity contribution is -0.140.